The van der Waals surface area contributed by atoms with Crippen molar-refractivity contribution in [3.63, 3.8) is 0 Å². The van der Waals surface area contributed by atoms with E-state index in [-0.39, 0.29) is 17.5 Å². The number of imide groups is 1. The summed E-state index contributed by atoms with van der Waals surface area (Å²) < 4.78 is 0. The van der Waals surface area contributed by atoms with E-state index >= 15 is 0 Å². The Kier molecular flexibility index (Phi) is 4.94. The Morgan fingerprint density at radius 3 is 2.27 bits per heavy atom. The number of nitriles is 1. The van der Waals surface area contributed by atoms with Gasteiger partial charge in [-0.25, -0.2) is 0 Å². The minimum absolute atomic E-state index is 0.0765. The van der Waals surface area contributed by atoms with Gasteiger partial charge in [-0.15, -0.1) is 0 Å². The third-order valence-corrected chi connectivity index (χ3v) is 5.18. The topological polar surface area (TPSA) is 64.4 Å². The number of carbonyl (C=O) groups excluding carboxylic acids is 2. The van der Waals surface area contributed by atoms with E-state index in [0.717, 1.165) is 36.9 Å². The fourth-order valence-corrected chi connectivity index (χ4v) is 3.63. The molecule has 134 valence electrons. The summed E-state index contributed by atoms with van der Waals surface area (Å²) in [6.07, 6.45) is 5.44. The van der Waals surface area contributed by atoms with Gasteiger partial charge in [-0.3, -0.25) is 14.5 Å². The molecular weight excluding hydrogens is 326 g/mol. The second kappa shape index (κ2) is 7.17. The van der Waals surface area contributed by atoms with Gasteiger partial charge in [-0.1, -0.05) is 25.0 Å². The highest BCUT2D eigenvalue weighted by atomic mass is 16.2. The van der Waals surface area contributed by atoms with Crippen LogP contribution in [-0.2, 0) is 9.59 Å². The van der Waals surface area contributed by atoms with Crippen molar-refractivity contribution in [2.24, 2.45) is 0 Å². The number of anilines is 1. The van der Waals surface area contributed by atoms with Crippen LogP contribution in [0.5, 0.6) is 0 Å². The molecule has 0 saturated heterocycles. The molecule has 1 aliphatic heterocycles. The maximum Gasteiger partial charge on any atom is 0.271 e. The summed E-state index contributed by atoms with van der Waals surface area (Å²) in [5.41, 5.74) is 2.91. The van der Waals surface area contributed by atoms with Gasteiger partial charge in [0.15, 0.2) is 0 Å². The number of hydrogen-bond donors (Lipinski definition) is 0. The number of amides is 2. The quantitative estimate of drug-likeness (QED) is 0.620. The lowest BCUT2D eigenvalue weighted by molar-refractivity contribution is -0.143. The van der Waals surface area contributed by atoms with Crippen LogP contribution in [-0.4, -0.2) is 36.9 Å². The first-order valence-electron chi connectivity index (χ1n) is 8.92. The summed E-state index contributed by atoms with van der Waals surface area (Å²) in [6.45, 7) is 1.68. The monoisotopic (exact) mass is 349 g/mol. The molecule has 5 heteroatoms. The molecule has 1 fully saturated rings. The van der Waals surface area contributed by atoms with Crippen molar-refractivity contribution in [3.8, 4) is 6.07 Å². The van der Waals surface area contributed by atoms with Gasteiger partial charge in [0, 0.05) is 31.4 Å². The molecule has 1 saturated carbocycles. The Balaban J connectivity index is 2.03. The lowest BCUT2D eigenvalue weighted by atomic mass is 9.92. The summed E-state index contributed by atoms with van der Waals surface area (Å²) in [5, 5.41) is 9.46. The SMILES string of the molecule is CC1=C(C#N)C(=O)N(C2CCCC2)C(=O)/C1=C\c1ccc(N(C)C)cc1. The van der Waals surface area contributed by atoms with Crippen molar-refractivity contribution in [2.45, 2.75) is 38.6 Å². The molecule has 1 aliphatic carbocycles. The van der Waals surface area contributed by atoms with Crippen LogP contribution < -0.4 is 4.90 Å². The van der Waals surface area contributed by atoms with Crippen LogP contribution in [0, 0.1) is 11.3 Å². The summed E-state index contributed by atoms with van der Waals surface area (Å²) in [4.78, 5) is 29.1. The van der Waals surface area contributed by atoms with Crippen LogP contribution in [0.15, 0.2) is 41.0 Å². The Hall–Kier alpha value is -2.87. The zero-order chi connectivity index (χ0) is 18.8. The van der Waals surface area contributed by atoms with Crippen molar-refractivity contribution in [1.29, 1.82) is 5.26 Å². The van der Waals surface area contributed by atoms with Gasteiger partial charge < -0.3 is 4.90 Å². The Bertz CT molecular complexity index is 835. The molecule has 0 radical (unpaired) electrons. The molecule has 5 nitrogen and oxygen atoms in total. The van der Waals surface area contributed by atoms with Crippen LogP contribution >= 0.6 is 0 Å². The molecule has 2 aliphatic rings. The molecular formula is C21H23N3O2. The summed E-state index contributed by atoms with van der Waals surface area (Å²) >= 11 is 0. The molecule has 0 N–H and O–H groups in total. The molecule has 0 atom stereocenters. The van der Waals surface area contributed by atoms with Crippen LogP contribution in [0.25, 0.3) is 6.08 Å². The molecule has 0 aromatic heterocycles. The largest absolute Gasteiger partial charge is 0.378 e. The normalized spacial score (nSPS) is 20.1. The smallest absolute Gasteiger partial charge is 0.271 e. The highest BCUT2D eigenvalue weighted by Gasteiger charge is 2.40. The van der Waals surface area contributed by atoms with Gasteiger partial charge in [0.1, 0.15) is 11.6 Å². The van der Waals surface area contributed by atoms with Gasteiger partial charge in [0.2, 0.25) is 0 Å². The molecule has 1 aromatic rings. The second-order valence-electron chi connectivity index (χ2n) is 7.07. The van der Waals surface area contributed by atoms with E-state index in [9.17, 15) is 14.9 Å². The zero-order valence-corrected chi connectivity index (χ0v) is 15.5. The van der Waals surface area contributed by atoms with Crippen molar-refractivity contribution < 1.29 is 9.59 Å². The summed E-state index contributed by atoms with van der Waals surface area (Å²) in [6, 6.07) is 9.74. The van der Waals surface area contributed by atoms with E-state index in [1.807, 2.05) is 49.3 Å². The first kappa shape index (κ1) is 17.9. The average molecular weight is 349 g/mol. The lowest BCUT2D eigenvalue weighted by Gasteiger charge is -2.32. The van der Waals surface area contributed by atoms with Gasteiger partial charge in [0.05, 0.1) is 0 Å². The minimum atomic E-state index is -0.443. The third kappa shape index (κ3) is 3.15. The molecule has 0 spiro atoms. The first-order chi connectivity index (χ1) is 12.4. The maximum absolute atomic E-state index is 13.1. The molecule has 1 aromatic carbocycles. The van der Waals surface area contributed by atoms with Gasteiger partial charge in [0.25, 0.3) is 11.8 Å². The third-order valence-electron chi connectivity index (χ3n) is 5.18. The van der Waals surface area contributed by atoms with Gasteiger partial charge >= 0.3 is 0 Å². The van der Waals surface area contributed by atoms with E-state index < -0.39 is 5.91 Å². The van der Waals surface area contributed by atoms with Crippen LogP contribution in [0.4, 0.5) is 5.69 Å². The zero-order valence-electron chi connectivity index (χ0n) is 15.5. The number of nitrogens with zero attached hydrogens (tertiary/aromatic N) is 3. The molecule has 26 heavy (non-hydrogen) atoms. The molecule has 2 amide bonds. The highest BCUT2D eigenvalue weighted by Crippen LogP contribution is 2.33. The van der Waals surface area contributed by atoms with Crippen LogP contribution in [0.2, 0.25) is 0 Å². The van der Waals surface area contributed by atoms with Gasteiger partial charge in [-0.05, 0) is 49.1 Å². The highest BCUT2D eigenvalue weighted by molar-refractivity contribution is 6.19. The van der Waals surface area contributed by atoms with Crippen molar-refractivity contribution >= 4 is 23.6 Å². The van der Waals surface area contributed by atoms with E-state index in [1.165, 1.54) is 4.90 Å². The predicted octanol–water partition coefficient (Wildman–Crippen LogP) is 3.29. The van der Waals surface area contributed by atoms with E-state index in [2.05, 4.69) is 0 Å². The van der Waals surface area contributed by atoms with Gasteiger partial charge in [-0.2, -0.15) is 5.26 Å². The average Bonchev–Trinajstić information content (AvgIpc) is 3.14. The lowest BCUT2D eigenvalue weighted by Crippen LogP contribution is -2.47. The molecule has 0 bridgehead atoms. The number of benzene rings is 1. The summed E-state index contributed by atoms with van der Waals surface area (Å²) in [5.74, 6) is -0.725. The summed E-state index contributed by atoms with van der Waals surface area (Å²) in [7, 11) is 3.94. The first-order valence-corrected chi connectivity index (χ1v) is 8.92. The number of rotatable bonds is 3. The van der Waals surface area contributed by atoms with E-state index in [0.29, 0.717) is 11.1 Å². The van der Waals surface area contributed by atoms with Crippen LogP contribution in [0.3, 0.4) is 0 Å². The predicted molar refractivity (Wildman–Crippen MR) is 101 cm³/mol. The maximum atomic E-state index is 13.1. The van der Waals surface area contributed by atoms with E-state index in [1.54, 1.807) is 13.0 Å². The Morgan fingerprint density at radius 1 is 1.12 bits per heavy atom. The minimum Gasteiger partial charge on any atom is -0.378 e. The van der Waals surface area contributed by atoms with Crippen molar-refractivity contribution in [1.82, 2.24) is 4.90 Å². The van der Waals surface area contributed by atoms with Crippen LogP contribution in [0.1, 0.15) is 38.2 Å². The fraction of sp³-hybridized carbons (Fsp3) is 0.381. The van der Waals surface area contributed by atoms with Crippen molar-refractivity contribution in [3.05, 3.63) is 46.5 Å². The standard InChI is InChI=1S/C21H23N3O2/c1-14-18(12-15-8-10-16(11-9-15)23(2)3)20(25)24(17-6-4-5-7-17)21(26)19(14)13-22/h8-12,17H,4-7H2,1-3H3/b18-12-. The fourth-order valence-electron chi connectivity index (χ4n) is 3.63. The number of hydrogen-bond acceptors (Lipinski definition) is 4. The second-order valence-corrected chi connectivity index (χ2v) is 7.07. The Morgan fingerprint density at radius 2 is 1.73 bits per heavy atom. The van der Waals surface area contributed by atoms with Crippen molar-refractivity contribution in [2.75, 3.05) is 19.0 Å². The Labute approximate surface area is 154 Å². The number of carbonyl (C=O) groups is 2. The van der Waals surface area contributed by atoms with E-state index in [4.69, 9.17) is 0 Å². The molecule has 0 unspecified atom stereocenters. The molecule has 1 heterocycles. The molecule has 3 rings (SSSR count).